The largest absolute Gasteiger partial charge is 0.326 e. The van der Waals surface area contributed by atoms with E-state index in [0.717, 1.165) is 22.4 Å². The van der Waals surface area contributed by atoms with Gasteiger partial charge in [0.25, 0.3) is 5.91 Å². The summed E-state index contributed by atoms with van der Waals surface area (Å²) in [6.07, 6.45) is 0.521. The topological polar surface area (TPSA) is 74.1 Å². The van der Waals surface area contributed by atoms with E-state index in [0.29, 0.717) is 22.3 Å². The van der Waals surface area contributed by atoms with Gasteiger partial charge in [0.05, 0.1) is 11.8 Å². The number of benzene rings is 3. The first-order valence-corrected chi connectivity index (χ1v) is 12.7. The Kier molecular flexibility index (Phi) is 6.89. The van der Waals surface area contributed by atoms with Crippen molar-refractivity contribution in [3.05, 3.63) is 100 Å². The molecule has 6 nitrogen and oxygen atoms in total. The summed E-state index contributed by atoms with van der Waals surface area (Å²) in [6.45, 7) is 1.94. The summed E-state index contributed by atoms with van der Waals surface area (Å²) in [4.78, 5) is 29.6. The van der Waals surface area contributed by atoms with Gasteiger partial charge in [0.1, 0.15) is 11.1 Å². The van der Waals surface area contributed by atoms with E-state index in [9.17, 15) is 14.0 Å². The van der Waals surface area contributed by atoms with Crippen molar-refractivity contribution in [3.8, 4) is 0 Å². The zero-order valence-electron chi connectivity index (χ0n) is 19.3. The molecule has 0 aliphatic carbocycles. The smallest absolute Gasteiger partial charge is 0.262 e. The second-order valence-electron chi connectivity index (χ2n) is 8.63. The molecule has 0 radical (unpaired) electrons. The van der Waals surface area contributed by atoms with E-state index >= 15 is 0 Å². The molecule has 5 rings (SSSR count). The number of amides is 2. The second-order valence-corrected chi connectivity index (χ2v) is 10.2. The lowest BCUT2D eigenvalue weighted by Crippen LogP contribution is -2.25. The molecule has 2 aliphatic rings. The van der Waals surface area contributed by atoms with Crippen molar-refractivity contribution >= 4 is 51.7 Å². The molecule has 2 amide bonds. The number of rotatable bonds is 5. The van der Waals surface area contributed by atoms with E-state index in [4.69, 9.17) is 16.7 Å². The Bertz CT molecular complexity index is 1390. The summed E-state index contributed by atoms with van der Waals surface area (Å²) in [5.41, 5.74) is 4.16. The summed E-state index contributed by atoms with van der Waals surface area (Å²) in [5, 5.41) is 9.69. The molecule has 0 fully saturated rings. The molecule has 0 unspecified atom stereocenters. The molecule has 2 heterocycles. The quantitative estimate of drug-likeness (QED) is 0.450. The number of halogens is 2. The van der Waals surface area contributed by atoms with Gasteiger partial charge in [-0.25, -0.2) is 9.40 Å². The summed E-state index contributed by atoms with van der Waals surface area (Å²) in [6, 6.07) is 20.8. The lowest BCUT2D eigenvalue weighted by Gasteiger charge is -2.23. The molecule has 0 spiro atoms. The SMILES string of the molecule is Cc1cccc(NC(=O)C[C@@H]2SC(N3N=C(c4ccc(F)cc4)C[C@@H]3c3cccc(Cl)c3)=NC2=O)c1. The molecular weight excluding hydrogens is 499 g/mol. The molecule has 3 aromatic rings. The predicted molar refractivity (Wildman–Crippen MR) is 142 cm³/mol. The van der Waals surface area contributed by atoms with Gasteiger partial charge in [0.2, 0.25) is 5.91 Å². The third kappa shape index (κ3) is 5.34. The molecule has 0 saturated heterocycles. The number of carbonyl (C=O) groups excluding carboxylic acids is 2. The van der Waals surface area contributed by atoms with Gasteiger partial charge in [-0.3, -0.25) is 9.59 Å². The Morgan fingerprint density at radius 3 is 2.67 bits per heavy atom. The minimum absolute atomic E-state index is 0.00531. The van der Waals surface area contributed by atoms with E-state index < -0.39 is 5.25 Å². The van der Waals surface area contributed by atoms with Crippen LogP contribution in [0.15, 0.2) is 82.9 Å². The number of anilines is 1. The fourth-order valence-electron chi connectivity index (χ4n) is 4.18. The number of hydrogen-bond donors (Lipinski definition) is 1. The summed E-state index contributed by atoms with van der Waals surface area (Å²) in [5.74, 6) is -0.954. The standard InChI is InChI=1S/C27H22ClFN4O2S/c1-16-4-2-7-21(12-16)30-25(34)15-24-26(35)31-27(36-24)33-23(18-5-3-6-19(28)13-18)14-22(32-33)17-8-10-20(29)11-9-17/h2-13,23-24H,14-15H2,1H3,(H,30,34)/t23-,24+/m1/s1. The minimum Gasteiger partial charge on any atom is -0.326 e. The van der Waals surface area contributed by atoms with E-state index in [1.807, 2.05) is 49.4 Å². The maximum atomic E-state index is 13.5. The number of aliphatic imine (C=N–C) groups is 1. The third-order valence-corrected chi connectivity index (χ3v) is 7.30. The number of nitrogens with one attached hydrogen (secondary N) is 1. The van der Waals surface area contributed by atoms with Crippen molar-refractivity contribution in [3.63, 3.8) is 0 Å². The highest BCUT2D eigenvalue weighted by Gasteiger charge is 2.39. The molecule has 2 atom stereocenters. The number of thioether (sulfide) groups is 1. The normalized spacial score (nSPS) is 19.3. The van der Waals surface area contributed by atoms with E-state index in [2.05, 4.69) is 10.3 Å². The van der Waals surface area contributed by atoms with Gasteiger partial charge in [0, 0.05) is 23.6 Å². The molecule has 182 valence electrons. The van der Waals surface area contributed by atoms with Crippen LogP contribution in [0.4, 0.5) is 10.1 Å². The Morgan fingerprint density at radius 2 is 1.92 bits per heavy atom. The van der Waals surface area contributed by atoms with E-state index in [1.54, 1.807) is 23.2 Å². The number of amidine groups is 1. The van der Waals surface area contributed by atoms with Crippen LogP contribution >= 0.6 is 23.4 Å². The number of hydrogen-bond acceptors (Lipinski definition) is 5. The molecule has 9 heteroatoms. The minimum atomic E-state index is -0.644. The molecular formula is C27H22ClFN4O2S. The van der Waals surface area contributed by atoms with Crippen LogP contribution in [-0.4, -0.2) is 33.0 Å². The first-order chi connectivity index (χ1) is 17.4. The van der Waals surface area contributed by atoms with E-state index in [-0.39, 0.29) is 30.1 Å². The Hall–Kier alpha value is -3.49. The van der Waals surface area contributed by atoms with Gasteiger partial charge in [-0.05, 0) is 60.0 Å². The first-order valence-electron chi connectivity index (χ1n) is 11.4. The lowest BCUT2D eigenvalue weighted by atomic mass is 9.98. The average Bonchev–Trinajstić information content (AvgIpc) is 3.44. The van der Waals surface area contributed by atoms with Crippen molar-refractivity contribution < 1.29 is 14.0 Å². The maximum Gasteiger partial charge on any atom is 0.262 e. The second kappa shape index (κ2) is 10.2. The molecule has 1 N–H and O–H groups in total. The average molecular weight is 521 g/mol. The predicted octanol–water partition coefficient (Wildman–Crippen LogP) is 5.97. The van der Waals surface area contributed by atoms with Crippen LogP contribution in [0.2, 0.25) is 5.02 Å². The van der Waals surface area contributed by atoms with Crippen molar-refractivity contribution in [1.29, 1.82) is 0 Å². The highest BCUT2D eigenvalue weighted by Crippen LogP contribution is 2.39. The summed E-state index contributed by atoms with van der Waals surface area (Å²) < 4.78 is 13.5. The van der Waals surface area contributed by atoms with Gasteiger partial charge in [-0.2, -0.15) is 10.1 Å². The molecule has 36 heavy (non-hydrogen) atoms. The van der Waals surface area contributed by atoms with Crippen LogP contribution in [0.25, 0.3) is 0 Å². The van der Waals surface area contributed by atoms with Crippen LogP contribution < -0.4 is 5.32 Å². The number of nitrogens with zero attached hydrogens (tertiary/aromatic N) is 3. The third-order valence-electron chi connectivity index (χ3n) is 5.92. The Balaban J connectivity index is 1.36. The zero-order chi connectivity index (χ0) is 25.2. The van der Waals surface area contributed by atoms with Crippen LogP contribution in [0.1, 0.15) is 35.6 Å². The van der Waals surface area contributed by atoms with E-state index in [1.165, 1.54) is 23.9 Å². The van der Waals surface area contributed by atoms with Crippen LogP contribution in [0.3, 0.4) is 0 Å². The number of hydrazone groups is 1. The van der Waals surface area contributed by atoms with Crippen molar-refractivity contribution in [2.45, 2.75) is 31.1 Å². The fraction of sp³-hybridized carbons (Fsp3) is 0.185. The Labute approximate surface area is 217 Å². The lowest BCUT2D eigenvalue weighted by molar-refractivity contribution is -0.121. The van der Waals surface area contributed by atoms with Crippen LogP contribution in [-0.2, 0) is 9.59 Å². The highest BCUT2D eigenvalue weighted by atomic mass is 35.5. The molecule has 0 bridgehead atoms. The Morgan fingerprint density at radius 1 is 1.14 bits per heavy atom. The monoisotopic (exact) mass is 520 g/mol. The first kappa shape index (κ1) is 24.2. The number of carbonyl (C=O) groups is 2. The van der Waals surface area contributed by atoms with Gasteiger partial charge in [-0.15, -0.1) is 0 Å². The molecule has 2 aliphatic heterocycles. The molecule has 0 saturated carbocycles. The molecule has 3 aromatic carbocycles. The summed E-state index contributed by atoms with van der Waals surface area (Å²) >= 11 is 7.48. The van der Waals surface area contributed by atoms with Crippen LogP contribution in [0, 0.1) is 12.7 Å². The zero-order valence-corrected chi connectivity index (χ0v) is 20.9. The maximum absolute atomic E-state index is 13.5. The van der Waals surface area contributed by atoms with Gasteiger partial charge >= 0.3 is 0 Å². The van der Waals surface area contributed by atoms with Crippen molar-refractivity contribution in [2.75, 3.05) is 5.32 Å². The number of aryl methyl sites for hydroxylation is 1. The highest BCUT2D eigenvalue weighted by molar-refractivity contribution is 8.15. The fourth-order valence-corrected chi connectivity index (χ4v) is 5.44. The van der Waals surface area contributed by atoms with Gasteiger partial charge < -0.3 is 5.32 Å². The molecule has 0 aromatic heterocycles. The van der Waals surface area contributed by atoms with Crippen LogP contribution in [0.5, 0.6) is 0 Å². The van der Waals surface area contributed by atoms with Crippen molar-refractivity contribution in [1.82, 2.24) is 5.01 Å². The van der Waals surface area contributed by atoms with Crippen molar-refractivity contribution in [2.24, 2.45) is 10.1 Å². The summed E-state index contributed by atoms with van der Waals surface area (Å²) in [7, 11) is 0. The van der Waals surface area contributed by atoms with Gasteiger partial charge in [0.15, 0.2) is 5.17 Å². The van der Waals surface area contributed by atoms with Gasteiger partial charge in [-0.1, -0.05) is 59.8 Å².